The third-order valence-corrected chi connectivity index (χ3v) is 7.64. The molecular formula is C33H39N7O5. The summed E-state index contributed by atoms with van der Waals surface area (Å²) in [6.07, 6.45) is 5.92. The average molecular weight is 614 g/mol. The van der Waals surface area contributed by atoms with E-state index in [1.807, 2.05) is 54.9 Å². The zero-order chi connectivity index (χ0) is 31.8. The van der Waals surface area contributed by atoms with Crippen molar-refractivity contribution in [3.05, 3.63) is 77.6 Å². The van der Waals surface area contributed by atoms with E-state index in [0.29, 0.717) is 49.2 Å². The highest BCUT2D eigenvalue weighted by Gasteiger charge is 2.24. The van der Waals surface area contributed by atoms with Gasteiger partial charge in [0.1, 0.15) is 17.6 Å². The SMILES string of the molecule is CC(C)C[C@H]1NC(=O)CN(C(=O)CCn2cnc3ccccc3c2=O)CCCOc2cccc(c2)-c2nccn2CCNC1=O. The minimum atomic E-state index is -0.752. The summed E-state index contributed by atoms with van der Waals surface area (Å²) in [6, 6.07) is 13.9. The van der Waals surface area contributed by atoms with E-state index < -0.39 is 11.9 Å². The van der Waals surface area contributed by atoms with Gasteiger partial charge in [-0.25, -0.2) is 9.97 Å². The Morgan fingerprint density at radius 3 is 2.76 bits per heavy atom. The molecule has 2 aromatic carbocycles. The van der Waals surface area contributed by atoms with E-state index in [-0.39, 0.29) is 49.3 Å². The van der Waals surface area contributed by atoms with Crippen molar-refractivity contribution < 1.29 is 19.1 Å². The smallest absolute Gasteiger partial charge is 0.261 e. The number of imidazole rings is 1. The highest BCUT2D eigenvalue weighted by atomic mass is 16.5. The number of nitrogens with one attached hydrogen (secondary N) is 2. The van der Waals surface area contributed by atoms with E-state index in [4.69, 9.17) is 4.74 Å². The number of nitrogens with zero attached hydrogens (tertiary/aromatic N) is 5. The molecule has 5 rings (SSSR count). The summed E-state index contributed by atoms with van der Waals surface area (Å²) >= 11 is 0. The van der Waals surface area contributed by atoms with Gasteiger partial charge in [0.05, 0.1) is 30.4 Å². The molecule has 0 unspecified atom stereocenters. The summed E-state index contributed by atoms with van der Waals surface area (Å²) in [6.45, 7) is 5.26. The maximum Gasteiger partial charge on any atom is 0.261 e. The molecule has 12 heteroatoms. The molecule has 0 spiro atoms. The Morgan fingerprint density at radius 2 is 1.91 bits per heavy atom. The predicted octanol–water partition coefficient (Wildman–Crippen LogP) is 2.61. The lowest BCUT2D eigenvalue weighted by molar-refractivity contribution is -0.137. The van der Waals surface area contributed by atoms with Gasteiger partial charge in [-0.15, -0.1) is 0 Å². The van der Waals surface area contributed by atoms with Crippen LogP contribution in [0.3, 0.4) is 0 Å². The second kappa shape index (κ2) is 14.7. The summed E-state index contributed by atoms with van der Waals surface area (Å²) in [5.74, 6) is 0.553. The lowest BCUT2D eigenvalue weighted by atomic mass is 10.0. The van der Waals surface area contributed by atoms with Gasteiger partial charge < -0.3 is 24.8 Å². The third kappa shape index (κ3) is 8.14. The number of hydrogen-bond acceptors (Lipinski definition) is 7. The van der Waals surface area contributed by atoms with Crippen LogP contribution < -0.4 is 20.9 Å². The molecule has 236 valence electrons. The van der Waals surface area contributed by atoms with Crippen molar-refractivity contribution >= 4 is 28.6 Å². The number of benzene rings is 2. The fourth-order valence-electron chi connectivity index (χ4n) is 5.39. The normalized spacial score (nSPS) is 16.7. The van der Waals surface area contributed by atoms with Crippen LogP contribution >= 0.6 is 0 Å². The molecular weight excluding hydrogens is 574 g/mol. The summed E-state index contributed by atoms with van der Waals surface area (Å²) in [4.78, 5) is 63.1. The van der Waals surface area contributed by atoms with Crippen molar-refractivity contribution in [3.63, 3.8) is 0 Å². The molecule has 0 saturated heterocycles. The molecule has 0 aliphatic carbocycles. The van der Waals surface area contributed by atoms with Gasteiger partial charge in [0.25, 0.3) is 5.56 Å². The van der Waals surface area contributed by atoms with Gasteiger partial charge in [0.2, 0.25) is 17.7 Å². The molecule has 2 N–H and O–H groups in total. The number of fused-ring (bicyclic) bond motifs is 5. The number of para-hydroxylation sites is 1. The number of aromatic nitrogens is 4. The zero-order valence-electron chi connectivity index (χ0n) is 25.6. The van der Waals surface area contributed by atoms with Crippen LogP contribution in [-0.2, 0) is 27.5 Å². The first-order chi connectivity index (χ1) is 21.8. The summed E-state index contributed by atoms with van der Waals surface area (Å²) in [5.41, 5.74) is 1.24. The van der Waals surface area contributed by atoms with Crippen LogP contribution in [-0.4, -0.2) is 74.0 Å². The fourth-order valence-corrected chi connectivity index (χ4v) is 5.39. The van der Waals surface area contributed by atoms with E-state index in [2.05, 4.69) is 20.6 Å². The minimum Gasteiger partial charge on any atom is -0.494 e. The maximum atomic E-state index is 13.5. The second-order valence-electron chi connectivity index (χ2n) is 11.5. The zero-order valence-corrected chi connectivity index (χ0v) is 25.6. The quantitative estimate of drug-likeness (QED) is 0.353. The number of carbonyl (C=O) groups excluding carboxylic acids is 3. The highest BCUT2D eigenvalue weighted by Crippen LogP contribution is 2.23. The van der Waals surface area contributed by atoms with Crippen LogP contribution in [0.15, 0.2) is 72.0 Å². The van der Waals surface area contributed by atoms with Crippen LogP contribution in [0.25, 0.3) is 22.3 Å². The Balaban J connectivity index is 1.34. The van der Waals surface area contributed by atoms with Crippen molar-refractivity contribution in [2.24, 2.45) is 5.92 Å². The van der Waals surface area contributed by atoms with Crippen molar-refractivity contribution in [1.82, 2.24) is 34.6 Å². The topological polar surface area (TPSA) is 140 Å². The number of amides is 3. The van der Waals surface area contributed by atoms with E-state index in [0.717, 1.165) is 11.4 Å². The van der Waals surface area contributed by atoms with Crippen molar-refractivity contribution in [2.75, 3.05) is 26.2 Å². The Hall–Kier alpha value is -5.00. The Bertz CT molecular complexity index is 1710. The van der Waals surface area contributed by atoms with Crippen LogP contribution in [0.4, 0.5) is 0 Å². The number of aryl methyl sites for hydroxylation is 1. The number of ether oxygens (including phenoxy) is 1. The Morgan fingerprint density at radius 1 is 1.07 bits per heavy atom. The van der Waals surface area contributed by atoms with Gasteiger partial charge in [0.15, 0.2) is 0 Å². The lowest BCUT2D eigenvalue weighted by Gasteiger charge is -2.25. The molecule has 1 atom stereocenters. The highest BCUT2D eigenvalue weighted by molar-refractivity contribution is 5.90. The first kappa shape index (κ1) is 31.4. The molecule has 12 nitrogen and oxygen atoms in total. The first-order valence-electron chi connectivity index (χ1n) is 15.3. The molecule has 2 aromatic heterocycles. The molecule has 0 radical (unpaired) electrons. The lowest BCUT2D eigenvalue weighted by Crippen LogP contribution is -2.51. The number of rotatable bonds is 5. The van der Waals surface area contributed by atoms with Gasteiger partial charge in [-0.05, 0) is 43.0 Å². The van der Waals surface area contributed by atoms with Crippen molar-refractivity contribution in [3.8, 4) is 17.1 Å². The summed E-state index contributed by atoms with van der Waals surface area (Å²) in [7, 11) is 0. The largest absolute Gasteiger partial charge is 0.494 e. The van der Waals surface area contributed by atoms with Crippen molar-refractivity contribution in [1.29, 1.82) is 0 Å². The van der Waals surface area contributed by atoms with Gasteiger partial charge in [0, 0.05) is 50.6 Å². The molecule has 0 saturated carbocycles. The molecule has 3 heterocycles. The molecule has 0 fully saturated rings. The van der Waals surface area contributed by atoms with Gasteiger partial charge >= 0.3 is 0 Å². The molecule has 1 aliphatic rings. The molecule has 2 bridgehead atoms. The van der Waals surface area contributed by atoms with Crippen LogP contribution in [0.5, 0.6) is 5.75 Å². The van der Waals surface area contributed by atoms with E-state index in [1.165, 1.54) is 15.8 Å². The molecule has 1 aliphatic heterocycles. The molecule has 3 amide bonds. The van der Waals surface area contributed by atoms with Crippen LogP contribution in [0.1, 0.15) is 33.1 Å². The minimum absolute atomic E-state index is 0.00132. The fraction of sp³-hybridized carbons (Fsp3) is 0.394. The third-order valence-electron chi connectivity index (χ3n) is 7.64. The van der Waals surface area contributed by atoms with Crippen molar-refractivity contribution in [2.45, 2.75) is 52.2 Å². The predicted molar refractivity (Wildman–Crippen MR) is 169 cm³/mol. The maximum absolute atomic E-state index is 13.5. The van der Waals surface area contributed by atoms with Crippen LogP contribution in [0, 0.1) is 5.92 Å². The monoisotopic (exact) mass is 613 g/mol. The number of carbonyl (C=O) groups is 3. The van der Waals surface area contributed by atoms with E-state index >= 15 is 0 Å². The summed E-state index contributed by atoms with van der Waals surface area (Å²) in [5, 5.41) is 6.27. The van der Waals surface area contributed by atoms with E-state index in [9.17, 15) is 19.2 Å². The second-order valence-corrected chi connectivity index (χ2v) is 11.5. The summed E-state index contributed by atoms with van der Waals surface area (Å²) < 4.78 is 9.38. The first-order valence-corrected chi connectivity index (χ1v) is 15.3. The average Bonchev–Trinajstić information content (AvgIpc) is 3.50. The molecule has 45 heavy (non-hydrogen) atoms. The standard InChI is InChI=1S/C33H39N7O5/c1-23(2)19-28-32(43)35-13-17-38-16-12-34-31(38)24-7-5-8-25(20-24)45-18-6-14-39(21-29(41)37-28)30(42)11-15-40-22-36-27-10-4-3-9-26(27)33(40)44/h3-5,7-10,12,16,20,22-23,28H,6,11,13-15,17-19,21H2,1-2H3,(H,35,43)(H,37,41)/t28-/m1/s1. The Labute approximate surface area is 261 Å². The van der Waals surface area contributed by atoms with Gasteiger partial charge in [-0.3, -0.25) is 23.7 Å². The van der Waals surface area contributed by atoms with Gasteiger partial charge in [-0.1, -0.05) is 38.1 Å². The van der Waals surface area contributed by atoms with Gasteiger partial charge in [-0.2, -0.15) is 0 Å². The van der Waals surface area contributed by atoms with E-state index in [1.54, 1.807) is 24.4 Å². The Kier molecular flexibility index (Phi) is 10.2. The number of hydrogen-bond donors (Lipinski definition) is 2. The van der Waals surface area contributed by atoms with Crippen LogP contribution in [0.2, 0.25) is 0 Å². The molecule has 4 aromatic rings.